The average molecular weight is 228 g/mol. The van der Waals surface area contributed by atoms with Crippen molar-refractivity contribution in [3.63, 3.8) is 0 Å². The highest BCUT2D eigenvalue weighted by Crippen LogP contribution is 2.29. The average Bonchev–Trinajstić information content (AvgIpc) is 2.25. The van der Waals surface area contributed by atoms with Gasteiger partial charge in [0.15, 0.2) is 0 Å². The molecule has 0 radical (unpaired) electrons. The van der Waals surface area contributed by atoms with E-state index in [1.165, 1.54) is 6.42 Å². The molecule has 0 spiro atoms. The molecule has 0 aromatic rings. The number of rotatable bonds is 4. The molecule has 0 saturated carbocycles. The van der Waals surface area contributed by atoms with Crippen LogP contribution in [0.2, 0.25) is 0 Å². The summed E-state index contributed by atoms with van der Waals surface area (Å²) in [6, 6.07) is 0.751. The molecule has 1 fully saturated rings. The summed E-state index contributed by atoms with van der Waals surface area (Å²) in [7, 11) is 0. The lowest BCUT2D eigenvalue weighted by Gasteiger charge is -2.46. The van der Waals surface area contributed by atoms with Crippen LogP contribution in [0.15, 0.2) is 0 Å². The van der Waals surface area contributed by atoms with E-state index < -0.39 is 0 Å². The van der Waals surface area contributed by atoms with Gasteiger partial charge < -0.3 is 10.8 Å². The van der Waals surface area contributed by atoms with E-state index in [2.05, 4.69) is 32.6 Å². The summed E-state index contributed by atoms with van der Waals surface area (Å²) in [6.07, 6.45) is 2.22. The molecule has 5 unspecified atom stereocenters. The zero-order valence-corrected chi connectivity index (χ0v) is 11.2. The summed E-state index contributed by atoms with van der Waals surface area (Å²) in [6.45, 7) is 10.2. The Kier molecular flexibility index (Phi) is 5.22. The quantitative estimate of drug-likeness (QED) is 0.766. The molecule has 1 aliphatic heterocycles. The van der Waals surface area contributed by atoms with Crippen molar-refractivity contribution in [2.45, 2.75) is 58.7 Å². The number of aliphatic hydroxyl groups is 1. The third kappa shape index (κ3) is 2.96. The Morgan fingerprint density at radius 2 is 2.00 bits per heavy atom. The van der Waals surface area contributed by atoms with Gasteiger partial charge in [0.25, 0.3) is 0 Å². The number of nitrogens with zero attached hydrogens (tertiary/aromatic N) is 1. The van der Waals surface area contributed by atoms with E-state index in [1.807, 2.05) is 0 Å². The van der Waals surface area contributed by atoms with Gasteiger partial charge in [0.05, 0.1) is 6.61 Å². The van der Waals surface area contributed by atoms with E-state index in [1.54, 1.807) is 0 Å². The third-order valence-corrected chi connectivity index (χ3v) is 4.22. The van der Waals surface area contributed by atoms with Gasteiger partial charge in [0.2, 0.25) is 0 Å². The number of hydrogen-bond donors (Lipinski definition) is 2. The Balaban J connectivity index is 2.74. The van der Waals surface area contributed by atoms with E-state index in [0.717, 1.165) is 13.0 Å². The van der Waals surface area contributed by atoms with Crippen molar-refractivity contribution in [2.24, 2.45) is 17.6 Å². The smallest absolute Gasteiger partial charge is 0.0602 e. The van der Waals surface area contributed by atoms with Gasteiger partial charge in [-0.3, -0.25) is 4.90 Å². The molecule has 1 saturated heterocycles. The van der Waals surface area contributed by atoms with Gasteiger partial charge in [-0.25, -0.2) is 0 Å². The van der Waals surface area contributed by atoms with Crippen LogP contribution in [-0.4, -0.2) is 41.3 Å². The van der Waals surface area contributed by atoms with Crippen LogP contribution in [0.5, 0.6) is 0 Å². The summed E-state index contributed by atoms with van der Waals surface area (Å²) >= 11 is 0. The number of piperidine rings is 1. The molecule has 1 rings (SSSR count). The van der Waals surface area contributed by atoms with E-state index in [-0.39, 0.29) is 18.7 Å². The van der Waals surface area contributed by atoms with Crippen molar-refractivity contribution in [1.82, 2.24) is 4.90 Å². The molecule has 0 aliphatic carbocycles. The highest BCUT2D eigenvalue weighted by molar-refractivity contribution is 4.90. The fourth-order valence-corrected chi connectivity index (χ4v) is 2.95. The van der Waals surface area contributed by atoms with Crippen LogP contribution in [0.1, 0.15) is 40.5 Å². The Morgan fingerprint density at radius 3 is 2.50 bits per heavy atom. The van der Waals surface area contributed by atoms with E-state index in [4.69, 9.17) is 5.73 Å². The van der Waals surface area contributed by atoms with E-state index >= 15 is 0 Å². The summed E-state index contributed by atoms with van der Waals surface area (Å²) in [5.41, 5.74) is 6.11. The number of hydrogen-bond acceptors (Lipinski definition) is 3. The maximum atomic E-state index is 9.55. The number of likely N-dealkylation sites (tertiary alicyclic amines) is 1. The largest absolute Gasteiger partial charge is 0.395 e. The SMILES string of the molecule is CCC(N)C(CO)N1CC(C)CC(C)C1C. The molecule has 96 valence electrons. The second kappa shape index (κ2) is 5.99. The number of aliphatic hydroxyl groups excluding tert-OH is 1. The first-order valence-corrected chi connectivity index (χ1v) is 6.63. The second-order valence-electron chi connectivity index (χ2n) is 5.58. The van der Waals surface area contributed by atoms with Crippen LogP contribution in [0.3, 0.4) is 0 Å². The fraction of sp³-hybridized carbons (Fsp3) is 1.00. The van der Waals surface area contributed by atoms with Crippen LogP contribution in [0.4, 0.5) is 0 Å². The van der Waals surface area contributed by atoms with Crippen molar-refractivity contribution in [3.05, 3.63) is 0 Å². The summed E-state index contributed by atoms with van der Waals surface area (Å²) < 4.78 is 0. The topological polar surface area (TPSA) is 49.5 Å². The summed E-state index contributed by atoms with van der Waals surface area (Å²) in [5.74, 6) is 1.41. The molecule has 16 heavy (non-hydrogen) atoms. The normalized spacial score (nSPS) is 36.0. The maximum absolute atomic E-state index is 9.55. The van der Waals surface area contributed by atoms with Gasteiger partial charge in [-0.1, -0.05) is 20.8 Å². The van der Waals surface area contributed by atoms with Gasteiger partial charge in [-0.15, -0.1) is 0 Å². The molecule has 3 N–H and O–H groups in total. The zero-order valence-electron chi connectivity index (χ0n) is 11.2. The highest BCUT2D eigenvalue weighted by atomic mass is 16.3. The zero-order chi connectivity index (χ0) is 12.3. The molecule has 5 atom stereocenters. The lowest BCUT2D eigenvalue weighted by atomic mass is 9.84. The van der Waals surface area contributed by atoms with Gasteiger partial charge in [-0.05, 0) is 31.6 Å². The molecule has 0 amide bonds. The molecular weight excluding hydrogens is 200 g/mol. The van der Waals surface area contributed by atoms with Crippen LogP contribution < -0.4 is 5.73 Å². The third-order valence-electron chi connectivity index (χ3n) is 4.22. The van der Waals surface area contributed by atoms with Crippen molar-refractivity contribution in [3.8, 4) is 0 Å². The first-order chi connectivity index (χ1) is 7.51. The number of nitrogens with two attached hydrogens (primary N) is 1. The standard InChI is InChI=1S/C13H28N2O/c1-5-12(14)13(8-16)15-7-9(2)6-10(3)11(15)4/h9-13,16H,5-8,14H2,1-4H3. The van der Waals surface area contributed by atoms with Crippen LogP contribution in [-0.2, 0) is 0 Å². The highest BCUT2D eigenvalue weighted by Gasteiger charge is 2.34. The monoisotopic (exact) mass is 228 g/mol. The predicted octanol–water partition coefficient (Wildman–Crippen LogP) is 1.45. The van der Waals surface area contributed by atoms with Crippen molar-refractivity contribution < 1.29 is 5.11 Å². The van der Waals surface area contributed by atoms with Gasteiger partial charge in [0.1, 0.15) is 0 Å². The van der Waals surface area contributed by atoms with E-state index in [9.17, 15) is 5.11 Å². The van der Waals surface area contributed by atoms with Crippen LogP contribution in [0, 0.1) is 11.8 Å². The lowest BCUT2D eigenvalue weighted by Crippen LogP contribution is -2.58. The second-order valence-corrected chi connectivity index (χ2v) is 5.58. The van der Waals surface area contributed by atoms with E-state index in [0.29, 0.717) is 17.9 Å². The molecule has 0 aromatic heterocycles. The van der Waals surface area contributed by atoms with Crippen LogP contribution in [0.25, 0.3) is 0 Å². The van der Waals surface area contributed by atoms with Crippen molar-refractivity contribution in [2.75, 3.05) is 13.2 Å². The van der Waals surface area contributed by atoms with Crippen molar-refractivity contribution >= 4 is 0 Å². The Hall–Kier alpha value is -0.120. The molecule has 3 nitrogen and oxygen atoms in total. The summed E-state index contributed by atoms with van der Waals surface area (Å²) in [4.78, 5) is 2.42. The van der Waals surface area contributed by atoms with Gasteiger partial charge >= 0.3 is 0 Å². The minimum absolute atomic E-state index is 0.0879. The molecule has 0 aromatic carbocycles. The Bertz CT molecular complexity index is 210. The van der Waals surface area contributed by atoms with Crippen LogP contribution >= 0.6 is 0 Å². The fourth-order valence-electron chi connectivity index (χ4n) is 2.95. The molecule has 1 heterocycles. The molecule has 1 aliphatic rings. The lowest BCUT2D eigenvalue weighted by molar-refractivity contribution is 0.00589. The first-order valence-electron chi connectivity index (χ1n) is 6.63. The Labute approximate surface area is 100 Å². The minimum Gasteiger partial charge on any atom is -0.395 e. The van der Waals surface area contributed by atoms with Gasteiger partial charge in [-0.2, -0.15) is 0 Å². The Morgan fingerprint density at radius 1 is 1.38 bits per heavy atom. The van der Waals surface area contributed by atoms with Gasteiger partial charge in [0, 0.05) is 24.7 Å². The predicted molar refractivity (Wildman–Crippen MR) is 68.3 cm³/mol. The molecule has 0 bridgehead atoms. The summed E-state index contributed by atoms with van der Waals surface area (Å²) in [5, 5.41) is 9.55. The molecular formula is C13H28N2O. The minimum atomic E-state index is 0.0879. The van der Waals surface area contributed by atoms with Crippen molar-refractivity contribution in [1.29, 1.82) is 0 Å². The first kappa shape index (κ1) is 13.9. The molecule has 3 heteroatoms. The maximum Gasteiger partial charge on any atom is 0.0602 e.